The van der Waals surface area contributed by atoms with Crippen LogP contribution in [0.15, 0.2) is 60.8 Å². The second-order valence-electron chi connectivity index (χ2n) is 6.72. The molecular formula is C22H21N3O2S. The molecule has 0 radical (unpaired) electrons. The molecular weight excluding hydrogens is 370 g/mol. The van der Waals surface area contributed by atoms with Crippen molar-refractivity contribution in [3.63, 3.8) is 0 Å². The van der Waals surface area contributed by atoms with Crippen LogP contribution in [0.5, 0.6) is 0 Å². The van der Waals surface area contributed by atoms with Gasteiger partial charge in [0.15, 0.2) is 0 Å². The van der Waals surface area contributed by atoms with Gasteiger partial charge in [-0.2, -0.15) is 0 Å². The SMILES string of the molecule is O=C(CCS[C@H]1CCc2ccccc2NC1=O)Nc1cccc2ncccc12. The minimum atomic E-state index is -0.137. The summed E-state index contributed by atoms with van der Waals surface area (Å²) < 4.78 is 0. The Bertz CT molecular complexity index is 1020. The number of fused-ring (bicyclic) bond motifs is 2. The van der Waals surface area contributed by atoms with Gasteiger partial charge >= 0.3 is 0 Å². The maximum absolute atomic E-state index is 12.5. The topological polar surface area (TPSA) is 71.1 Å². The highest BCUT2D eigenvalue weighted by molar-refractivity contribution is 8.00. The van der Waals surface area contributed by atoms with Crippen molar-refractivity contribution in [3.05, 3.63) is 66.4 Å². The summed E-state index contributed by atoms with van der Waals surface area (Å²) in [6.45, 7) is 0. The van der Waals surface area contributed by atoms with Crippen molar-refractivity contribution in [3.8, 4) is 0 Å². The average Bonchev–Trinajstić information content (AvgIpc) is 2.87. The number of hydrogen-bond donors (Lipinski definition) is 2. The fourth-order valence-corrected chi connectivity index (χ4v) is 4.45. The molecule has 2 N–H and O–H groups in total. The molecule has 5 nitrogen and oxygen atoms in total. The van der Waals surface area contributed by atoms with E-state index in [2.05, 4.69) is 21.7 Å². The lowest BCUT2D eigenvalue weighted by atomic mass is 10.1. The van der Waals surface area contributed by atoms with Gasteiger partial charge < -0.3 is 10.6 Å². The third kappa shape index (κ3) is 4.17. The van der Waals surface area contributed by atoms with E-state index in [1.54, 1.807) is 18.0 Å². The lowest BCUT2D eigenvalue weighted by Gasteiger charge is -2.13. The van der Waals surface area contributed by atoms with Gasteiger partial charge in [-0.3, -0.25) is 14.6 Å². The molecule has 0 spiro atoms. The molecule has 4 rings (SSSR count). The van der Waals surface area contributed by atoms with Crippen molar-refractivity contribution in [1.29, 1.82) is 0 Å². The number of aromatic nitrogens is 1. The third-order valence-corrected chi connectivity index (χ3v) is 6.10. The summed E-state index contributed by atoms with van der Waals surface area (Å²) in [7, 11) is 0. The van der Waals surface area contributed by atoms with Crippen molar-refractivity contribution in [1.82, 2.24) is 4.98 Å². The highest BCUT2D eigenvalue weighted by atomic mass is 32.2. The number of nitrogens with one attached hydrogen (secondary N) is 2. The van der Waals surface area contributed by atoms with Crippen molar-refractivity contribution in [2.75, 3.05) is 16.4 Å². The lowest BCUT2D eigenvalue weighted by molar-refractivity contribution is -0.116. The maximum atomic E-state index is 12.5. The number of anilines is 2. The van der Waals surface area contributed by atoms with Crippen molar-refractivity contribution >= 4 is 45.9 Å². The normalized spacial score (nSPS) is 16.1. The second kappa shape index (κ2) is 8.44. The Balaban J connectivity index is 1.31. The maximum Gasteiger partial charge on any atom is 0.237 e. The Hall–Kier alpha value is -2.86. The molecule has 0 bridgehead atoms. The van der Waals surface area contributed by atoms with Crippen LogP contribution in [0.3, 0.4) is 0 Å². The van der Waals surface area contributed by atoms with Crippen LogP contribution in [0.25, 0.3) is 10.9 Å². The van der Waals surface area contributed by atoms with E-state index in [9.17, 15) is 9.59 Å². The van der Waals surface area contributed by atoms with E-state index >= 15 is 0 Å². The fourth-order valence-electron chi connectivity index (χ4n) is 3.37. The van der Waals surface area contributed by atoms with Gasteiger partial charge in [0.05, 0.1) is 16.5 Å². The molecule has 142 valence electrons. The molecule has 2 heterocycles. The molecule has 0 unspecified atom stereocenters. The summed E-state index contributed by atoms with van der Waals surface area (Å²) in [5.74, 6) is 0.570. The Morgan fingerprint density at radius 3 is 2.96 bits per heavy atom. The molecule has 2 aromatic carbocycles. The molecule has 0 fully saturated rings. The van der Waals surface area contributed by atoms with Gasteiger partial charge in [0, 0.05) is 29.4 Å². The Morgan fingerprint density at radius 1 is 1.14 bits per heavy atom. The molecule has 6 heteroatoms. The number of benzene rings is 2. The number of pyridine rings is 1. The van der Waals surface area contributed by atoms with E-state index in [1.807, 2.05) is 48.5 Å². The van der Waals surface area contributed by atoms with Gasteiger partial charge in [-0.15, -0.1) is 11.8 Å². The zero-order valence-corrected chi connectivity index (χ0v) is 16.2. The lowest BCUT2D eigenvalue weighted by Crippen LogP contribution is -2.24. The molecule has 2 amide bonds. The molecule has 0 saturated carbocycles. The third-order valence-electron chi connectivity index (χ3n) is 4.81. The van der Waals surface area contributed by atoms with Crippen LogP contribution in [0.4, 0.5) is 11.4 Å². The number of aryl methyl sites for hydroxylation is 1. The van der Waals surface area contributed by atoms with Crippen LogP contribution in [0, 0.1) is 0 Å². The van der Waals surface area contributed by atoms with Crippen molar-refractivity contribution < 1.29 is 9.59 Å². The van der Waals surface area contributed by atoms with Gasteiger partial charge in [-0.25, -0.2) is 0 Å². The minimum Gasteiger partial charge on any atom is -0.325 e. The summed E-state index contributed by atoms with van der Waals surface area (Å²) in [6, 6.07) is 17.4. The Morgan fingerprint density at radius 2 is 2.04 bits per heavy atom. The first kappa shape index (κ1) is 18.5. The van der Waals surface area contributed by atoms with Crippen molar-refractivity contribution in [2.45, 2.75) is 24.5 Å². The number of para-hydroxylation sites is 1. The standard InChI is InChI=1S/C22H21N3O2S/c26-21(24-19-9-3-8-18-16(19)6-4-13-23-18)12-14-28-20-11-10-15-5-1-2-7-17(15)25-22(20)27/h1-9,13,20H,10-12,14H2,(H,24,26)(H,25,27)/t20-/m0/s1. The largest absolute Gasteiger partial charge is 0.325 e. The zero-order valence-electron chi connectivity index (χ0n) is 15.4. The van der Waals surface area contributed by atoms with E-state index in [0.29, 0.717) is 12.2 Å². The Kier molecular flexibility index (Phi) is 5.58. The molecule has 1 aliphatic heterocycles. The Labute approximate surface area is 167 Å². The van der Waals surface area contributed by atoms with Gasteiger partial charge in [0.2, 0.25) is 11.8 Å². The number of rotatable bonds is 5. The summed E-state index contributed by atoms with van der Waals surface area (Å²) in [5, 5.41) is 6.76. The average molecular weight is 391 g/mol. The number of amides is 2. The fraction of sp³-hybridized carbons (Fsp3) is 0.227. The van der Waals surface area contributed by atoms with Gasteiger partial charge in [-0.05, 0) is 48.7 Å². The number of carbonyl (C=O) groups is 2. The molecule has 1 atom stereocenters. The number of hydrogen-bond acceptors (Lipinski definition) is 4. The number of nitrogens with zero attached hydrogens (tertiary/aromatic N) is 1. The number of carbonyl (C=O) groups excluding carboxylic acids is 2. The monoisotopic (exact) mass is 391 g/mol. The van der Waals surface area contributed by atoms with Crippen LogP contribution >= 0.6 is 11.8 Å². The highest BCUT2D eigenvalue weighted by Crippen LogP contribution is 2.27. The predicted octanol–water partition coefficient (Wildman–Crippen LogP) is 4.25. The molecule has 3 aromatic rings. The second-order valence-corrected chi connectivity index (χ2v) is 8.03. The van der Waals surface area contributed by atoms with Crippen LogP contribution in [0.1, 0.15) is 18.4 Å². The molecule has 0 aliphatic carbocycles. The number of thioether (sulfide) groups is 1. The molecule has 0 saturated heterocycles. The van der Waals surface area contributed by atoms with Gasteiger partial charge in [-0.1, -0.05) is 24.3 Å². The van der Waals surface area contributed by atoms with E-state index in [4.69, 9.17) is 0 Å². The first-order valence-corrected chi connectivity index (χ1v) is 10.4. The molecule has 28 heavy (non-hydrogen) atoms. The van der Waals surface area contributed by atoms with E-state index in [-0.39, 0.29) is 17.1 Å². The first-order chi connectivity index (χ1) is 13.7. The van der Waals surface area contributed by atoms with E-state index < -0.39 is 0 Å². The summed E-state index contributed by atoms with van der Waals surface area (Å²) in [4.78, 5) is 29.1. The minimum absolute atomic E-state index is 0.0236. The quantitative estimate of drug-likeness (QED) is 0.682. The van der Waals surface area contributed by atoms with E-state index in [1.165, 1.54) is 5.56 Å². The van der Waals surface area contributed by atoms with Gasteiger partial charge in [0.1, 0.15) is 0 Å². The zero-order chi connectivity index (χ0) is 19.3. The van der Waals surface area contributed by atoms with Crippen LogP contribution < -0.4 is 10.6 Å². The first-order valence-electron chi connectivity index (χ1n) is 9.35. The van der Waals surface area contributed by atoms with Gasteiger partial charge in [0.25, 0.3) is 0 Å². The smallest absolute Gasteiger partial charge is 0.237 e. The summed E-state index contributed by atoms with van der Waals surface area (Å²) in [6.07, 6.45) is 3.74. The van der Waals surface area contributed by atoms with Crippen LogP contribution in [0.2, 0.25) is 0 Å². The molecule has 1 aliphatic rings. The van der Waals surface area contributed by atoms with E-state index in [0.717, 1.165) is 35.1 Å². The van der Waals surface area contributed by atoms with Crippen molar-refractivity contribution in [2.24, 2.45) is 0 Å². The predicted molar refractivity (Wildman–Crippen MR) is 115 cm³/mol. The molecule has 1 aromatic heterocycles. The highest BCUT2D eigenvalue weighted by Gasteiger charge is 2.23. The van der Waals surface area contributed by atoms with Crippen LogP contribution in [-0.2, 0) is 16.0 Å². The summed E-state index contributed by atoms with van der Waals surface area (Å²) >= 11 is 1.55. The summed E-state index contributed by atoms with van der Waals surface area (Å²) in [5.41, 5.74) is 3.69. The van der Waals surface area contributed by atoms with Crippen LogP contribution in [-0.4, -0.2) is 27.8 Å².